The molecule has 0 unspecified atom stereocenters. The zero-order valence-electron chi connectivity index (χ0n) is 26.4. The predicted molar refractivity (Wildman–Crippen MR) is 208 cm³/mol. The maximum absolute atomic E-state index is 5.36. The molecule has 0 aliphatic carbocycles. The Hall–Kier alpha value is -6.04. The van der Waals surface area contributed by atoms with E-state index in [0.717, 1.165) is 93.8 Å². The Morgan fingerprint density at radius 3 is 0.918 bits per heavy atom. The van der Waals surface area contributed by atoms with Crippen LogP contribution in [-0.4, -0.2) is 19.9 Å². The number of fused-ring (bicyclic) bond motifs is 8. The highest BCUT2D eigenvalue weighted by molar-refractivity contribution is 9.10. The van der Waals surface area contributed by atoms with Crippen molar-refractivity contribution in [3.63, 3.8) is 0 Å². The second-order valence-electron chi connectivity index (χ2n) is 12.1. The van der Waals surface area contributed by atoms with Gasteiger partial charge in [-0.15, -0.1) is 0 Å². The third kappa shape index (κ3) is 5.35. The molecule has 0 saturated carbocycles. The molecule has 0 fully saturated rings. The molecule has 4 nitrogen and oxygen atoms in total. The van der Waals surface area contributed by atoms with Crippen molar-refractivity contribution in [2.24, 2.45) is 0 Å². The monoisotopic (exact) mass is 692 g/mol. The molecule has 232 valence electrons. The second-order valence-corrected chi connectivity index (χ2v) is 13.0. The first-order valence-electron chi connectivity index (χ1n) is 16.3. The summed E-state index contributed by atoms with van der Waals surface area (Å²) in [6.45, 7) is 0. The van der Waals surface area contributed by atoms with Gasteiger partial charge in [-0.1, -0.05) is 119 Å². The second kappa shape index (κ2) is 12.2. The van der Waals surface area contributed by atoms with E-state index < -0.39 is 0 Å². The van der Waals surface area contributed by atoms with Crippen LogP contribution in [0.3, 0.4) is 0 Å². The van der Waals surface area contributed by atoms with Crippen molar-refractivity contribution < 1.29 is 0 Å². The molecule has 9 rings (SSSR count). The number of aromatic nitrogens is 4. The van der Waals surface area contributed by atoms with E-state index in [1.165, 1.54) is 0 Å². The van der Waals surface area contributed by atoms with Crippen molar-refractivity contribution in [2.45, 2.75) is 0 Å². The van der Waals surface area contributed by atoms with Gasteiger partial charge in [0.15, 0.2) is 0 Å². The van der Waals surface area contributed by atoms with Crippen LogP contribution in [0.25, 0.3) is 90.9 Å². The Morgan fingerprint density at radius 1 is 0.327 bits per heavy atom. The Balaban J connectivity index is 1.48. The maximum Gasteiger partial charge on any atom is 0.0737 e. The fraction of sp³-hybridized carbons (Fsp3) is 0. The average Bonchev–Trinajstić information content (AvgIpc) is 3.98. The lowest BCUT2D eigenvalue weighted by molar-refractivity contribution is 1.31. The minimum Gasteiger partial charge on any atom is -0.354 e. The van der Waals surface area contributed by atoms with Crippen molar-refractivity contribution in [3.05, 3.63) is 167 Å². The Kier molecular flexibility index (Phi) is 7.25. The first kappa shape index (κ1) is 29.1. The molecule has 5 heterocycles. The molecule has 4 aromatic carbocycles. The van der Waals surface area contributed by atoms with E-state index in [9.17, 15) is 0 Å². The lowest BCUT2D eigenvalue weighted by atomic mass is 10.0. The summed E-state index contributed by atoms with van der Waals surface area (Å²) in [7, 11) is 0. The van der Waals surface area contributed by atoms with Gasteiger partial charge in [0.2, 0.25) is 0 Å². The number of hydrogen-bond acceptors (Lipinski definition) is 2. The van der Waals surface area contributed by atoms with Gasteiger partial charge < -0.3 is 9.97 Å². The molecule has 2 N–H and O–H groups in total. The van der Waals surface area contributed by atoms with Gasteiger partial charge in [0.1, 0.15) is 0 Å². The van der Waals surface area contributed by atoms with Crippen LogP contribution in [-0.2, 0) is 0 Å². The van der Waals surface area contributed by atoms with Gasteiger partial charge in [-0.05, 0) is 83.0 Å². The molecule has 8 bridgehead atoms. The Morgan fingerprint density at radius 2 is 0.612 bits per heavy atom. The lowest BCUT2D eigenvalue weighted by Gasteiger charge is -2.07. The molecule has 0 radical (unpaired) electrons. The van der Waals surface area contributed by atoms with Crippen molar-refractivity contribution in [1.29, 1.82) is 0 Å². The number of rotatable bonds is 4. The number of nitrogens with one attached hydrogen (secondary N) is 2. The molecule has 0 atom stereocenters. The number of halogens is 1. The highest BCUT2D eigenvalue weighted by atomic mass is 79.9. The summed E-state index contributed by atoms with van der Waals surface area (Å²) in [5.41, 5.74) is 16.0. The Labute approximate surface area is 292 Å². The molecule has 0 spiro atoms. The molecular weight excluding hydrogens is 664 g/mol. The zero-order valence-corrected chi connectivity index (χ0v) is 27.9. The quantitative estimate of drug-likeness (QED) is 0.193. The molecule has 2 aliphatic heterocycles. The minimum absolute atomic E-state index is 0.893. The van der Waals surface area contributed by atoms with Crippen molar-refractivity contribution in [3.8, 4) is 44.5 Å². The first-order chi connectivity index (χ1) is 24.2. The summed E-state index contributed by atoms with van der Waals surface area (Å²) in [5.74, 6) is 0. The number of H-pyrrole nitrogens is 2. The number of hydrogen-bond donors (Lipinski definition) is 2. The highest BCUT2D eigenvalue weighted by Gasteiger charge is 2.18. The van der Waals surface area contributed by atoms with Gasteiger partial charge >= 0.3 is 0 Å². The van der Waals surface area contributed by atoms with Crippen molar-refractivity contribution in [1.82, 2.24) is 19.9 Å². The zero-order chi connectivity index (χ0) is 32.7. The number of benzene rings is 4. The molecule has 5 heteroatoms. The first-order valence-corrected chi connectivity index (χ1v) is 17.1. The molecule has 0 saturated heterocycles. The van der Waals surface area contributed by atoms with E-state index in [1.807, 2.05) is 18.2 Å². The maximum atomic E-state index is 5.36. The van der Waals surface area contributed by atoms with Gasteiger partial charge in [-0.25, -0.2) is 9.97 Å². The molecule has 2 aliphatic rings. The SMILES string of the molecule is Brc1ccc(-c2c3nc(c(-c4ccccc4)c4ccc([nH]4)c(-c4ccccc4)c4nc(c(-c5ccccc5)c5ccc2[nH]5)C=C4)C=C3)cc1. The van der Waals surface area contributed by atoms with E-state index in [0.29, 0.717) is 0 Å². The average molecular weight is 694 g/mol. The largest absolute Gasteiger partial charge is 0.354 e. The van der Waals surface area contributed by atoms with Gasteiger partial charge in [-0.3, -0.25) is 0 Å². The molecular formula is C44H29BrN4. The van der Waals surface area contributed by atoms with Crippen LogP contribution in [0.4, 0.5) is 0 Å². The highest BCUT2D eigenvalue weighted by Crippen LogP contribution is 2.38. The smallest absolute Gasteiger partial charge is 0.0737 e. The van der Waals surface area contributed by atoms with E-state index in [2.05, 4.69) is 172 Å². The van der Waals surface area contributed by atoms with E-state index >= 15 is 0 Å². The molecule has 7 aromatic rings. The van der Waals surface area contributed by atoms with Crippen LogP contribution in [0.5, 0.6) is 0 Å². The van der Waals surface area contributed by atoms with Crippen LogP contribution < -0.4 is 0 Å². The van der Waals surface area contributed by atoms with E-state index in [4.69, 9.17) is 9.97 Å². The van der Waals surface area contributed by atoms with Gasteiger partial charge in [0.25, 0.3) is 0 Å². The molecule has 0 amide bonds. The third-order valence-corrected chi connectivity index (χ3v) is 9.60. The van der Waals surface area contributed by atoms with E-state index in [-0.39, 0.29) is 0 Å². The summed E-state index contributed by atoms with van der Waals surface area (Å²) in [6, 6.07) is 48.6. The topological polar surface area (TPSA) is 57.4 Å². The van der Waals surface area contributed by atoms with Crippen LogP contribution >= 0.6 is 15.9 Å². The van der Waals surface area contributed by atoms with Crippen LogP contribution in [0, 0.1) is 0 Å². The standard InChI is InChI=1S/C44H29BrN4/c45-32-18-16-31(17-19-32)44-39-26-24-37(48-39)42(29-12-6-2-7-13-29)35-22-20-33(46-35)41(28-10-4-1-5-11-28)34-21-23-36(47-34)43(30-14-8-3-9-15-30)38-25-27-40(44)49-38/h1-27,46,49H. The molecule has 3 aromatic heterocycles. The lowest BCUT2D eigenvalue weighted by Crippen LogP contribution is -1.89. The predicted octanol–water partition coefficient (Wildman–Crippen LogP) is 12.1. The van der Waals surface area contributed by atoms with Crippen molar-refractivity contribution >= 4 is 62.3 Å². The summed E-state index contributed by atoms with van der Waals surface area (Å²) in [6.07, 6.45) is 8.53. The number of nitrogens with zero attached hydrogens (tertiary/aromatic N) is 2. The van der Waals surface area contributed by atoms with Crippen LogP contribution in [0.2, 0.25) is 0 Å². The third-order valence-electron chi connectivity index (χ3n) is 9.07. The minimum atomic E-state index is 0.893. The normalized spacial score (nSPS) is 12.0. The van der Waals surface area contributed by atoms with Crippen molar-refractivity contribution in [2.75, 3.05) is 0 Å². The van der Waals surface area contributed by atoms with Gasteiger partial charge in [0.05, 0.1) is 22.8 Å². The fourth-order valence-corrected chi connectivity index (χ4v) is 7.12. The van der Waals surface area contributed by atoms with Crippen LogP contribution in [0.1, 0.15) is 22.8 Å². The summed E-state index contributed by atoms with van der Waals surface area (Å²) < 4.78 is 1.03. The number of aromatic amines is 2. The summed E-state index contributed by atoms with van der Waals surface area (Å²) in [4.78, 5) is 18.3. The van der Waals surface area contributed by atoms with Gasteiger partial charge in [-0.2, -0.15) is 0 Å². The summed E-state index contributed by atoms with van der Waals surface area (Å²) >= 11 is 3.63. The van der Waals surface area contributed by atoms with E-state index in [1.54, 1.807) is 0 Å². The Bertz CT molecular complexity index is 2540. The van der Waals surface area contributed by atoms with Gasteiger partial charge in [0, 0.05) is 48.8 Å². The fourth-order valence-electron chi connectivity index (χ4n) is 6.85. The van der Waals surface area contributed by atoms with Crippen LogP contribution in [0.15, 0.2) is 144 Å². The molecule has 49 heavy (non-hydrogen) atoms. The summed E-state index contributed by atoms with van der Waals surface area (Å²) in [5, 5.41) is 0.